The summed E-state index contributed by atoms with van der Waals surface area (Å²) in [5.41, 5.74) is 0.0218. The highest BCUT2D eigenvalue weighted by Crippen LogP contribution is 2.05. The summed E-state index contributed by atoms with van der Waals surface area (Å²) in [4.78, 5) is 14.6. The first-order valence-corrected chi connectivity index (χ1v) is 4.90. The van der Waals surface area contributed by atoms with Crippen LogP contribution in [0.1, 0.15) is 12.8 Å². The van der Waals surface area contributed by atoms with Crippen molar-refractivity contribution in [3.8, 4) is 0 Å². The van der Waals surface area contributed by atoms with Gasteiger partial charge in [0.15, 0.2) is 0 Å². The first-order chi connectivity index (χ1) is 6.37. The Morgan fingerprint density at radius 2 is 2.07 bits per heavy atom. The van der Waals surface area contributed by atoms with E-state index in [1.165, 1.54) is 0 Å². The van der Waals surface area contributed by atoms with Crippen LogP contribution in [0.2, 0.25) is 0 Å². The molecule has 0 aliphatic heterocycles. The fraction of sp³-hybridized carbons (Fsp3) is 0.286. The zero-order chi connectivity index (χ0) is 11.2. The Labute approximate surface area is 81.7 Å². The molecule has 0 aromatic heterocycles. The van der Waals surface area contributed by atoms with Gasteiger partial charge in [0, 0.05) is 5.57 Å². The fourth-order valence-electron chi connectivity index (χ4n) is 0.511. The molecule has 0 saturated carbocycles. The molecule has 14 heavy (non-hydrogen) atoms. The maximum atomic E-state index is 10.8. The Morgan fingerprint density at radius 1 is 1.50 bits per heavy atom. The van der Waals surface area contributed by atoms with Gasteiger partial charge in [-0.25, -0.2) is 4.79 Å². The molecule has 80 valence electrons. The monoisotopic (exact) mass is 222 g/mol. The Kier molecular flexibility index (Phi) is 5.06. The van der Waals surface area contributed by atoms with Crippen LogP contribution in [0.15, 0.2) is 24.8 Å². The Balaban J connectivity index is 3.97. The van der Waals surface area contributed by atoms with Gasteiger partial charge >= 0.3 is 16.4 Å². The number of carbonyl (C=O) groups excluding carboxylic acids is 1. The zero-order valence-corrected chi connectivity index (χ0v) is 8.12. The van der Waals surface area contributed by atoms with Crippen LogP contribution in [0.4, 0.5) is 0 Å². The molecule has 0 aliphatic carbocycles. The van der Waals surface area contributed by atoms with Crippen molar-refractivity contribution < 1.29 is 27.0 Å². The van der Waals surface area contributed by atoms with E-state index in [0.717, 1.165) is 0 Å². The number of hydrogen-bond acceptors (Lipinski definition) is 5. The molecule has 0 aromatic rings. The lowest BCUT2D eigenvalue weighted by Crippen LogP contribution is -2.12. The molecule has 0 amide bonds. The summed E-state index contributed by atoms with van der Waals surface area (Å²) in [6.07, 6.45) is 2.33. The smallest absolute Gasteiger partial charge is 0.275 e. The van der Waals surface area contributed by atoms with E-state index in [9.17, 15) is 13.2 Å². The zero-order valence-electron chi connectivity index (χ0n) is 7.30. The van der Waals surface area contributed by atoms with Gasteiger partial charge in [-0.2, -0.15) is 8.42 Å². The quantitative estimate of drug-likeness (QED) is 0.235. The molecule has 0 bridgehead atoms. The maximum Gasteiger partial charge on any atom is 0.432 e. The van der Waals surface area contributed by atoms with Crippen molar-refractivity contribution in [2.45, 2.75) is 12.8 Å². The molecule has 0 aliphatic rings. The van der Waals surface area contributed by atoms with E-state index < -0.39 is 16.4 Å². The molecular formula is C7H10O6S. The molecule has 0 aromatic carbocycles. The molecule has 0 saturated heterocycles. The molecule has 6 nitrogen and oxygen atoms in total. The van der Waals surface area contributed by atoms with Crippen LogP contribution in [0.25, 0.3) is 0 Å². The lowest BCUT2D eigenvalue weighted by molar-refractivity contribution is -0.209. The van der Waals surface area contributed by atoms with Gasteiger partial charge in [-0.3, -0.25) is 9.44 Å². The van der Waals surface area contributed by atoms with E-state index in [0.29, 0.717) is 6.42 Å². The number of hydrogen-bond donors (Lipinski definition) is 1. The predicted molar refractivity (Wildman–Crippen MR) is 47.3 cm³/mol. The Bertz CT molecular complexity index is 328. The van der Waals surface area contributed by atoms with Crippen molar-refractivity contribution in [3.63, 3.8) is 0 Å². The van der Waals surface area contributed by atoms with Gasteiger partial charge in [-0.1, -0.05) is 12.7 Å². The first kappa shape index (κ1) is 12.8. The topological polar surface area (TPSA) is 89.9 Å². The predicted octanol–water partition coefficient (Wildman–Crippen LogP) is 0.786. The van der Waals surface area contributed by atoms with Gasteiger partial charge in [0.05, 0.1) is 0 Å². The molecule has 0 atom stereocenters. The third-order valence-electron chi connectivity index (χ3n) is 1.13. The summed E-state index contributed by atoms with van der Waals surface area (Å²) in [6, 6.07) is 0. The largest absolute Gasteiger partial charge is 0.432 e. The summed E-state index contributed by atoms with van der Waals surface area (Å²) in [7, 11) is -4.78. The maximum absolute atomic E-state index is 10.8. The third kappa shape index (κ3) is 6.35. The SMILES string of the molecule is C=CCCC(=C)C(=O)OOS(=O)(=O)O. The van der Waals surface area contributed by atoms with Gasteiger partial charge in [0.25, 0.3) is 0 Å². The molecule has 0 heterocycles. The van der Waals surface area contributed by atoms with E-state index in [2.05, 4.69) is 22.4 Å². The van der Waals surface area contributed by atoms with Gasteiger partial charge in [-0.15, -0.1) is 6.58 Å². The number of carbonyl (C=O) groups is 1. The van der Waals surface area contributed by atoms with Crippen LogP contribution < -0.4 is 0 Å². The van der Waals surface area contributed by atoms with E-state index in [1.807, 2.05) is 0 Å². The van der Waals surface area contributed by atoms with Crippen LogP contribution in [-0.2, 0) is 24.4 Å². The Hall–Kier alpha value is -1.18. The molecular weight excluding hydrogens is 212 g/mol. The standard InChI is InChI=1S/C7H10O6S/c1-3-4-5-6(2)7(8)12-13-14(9,10)11/h3H,1-2,4-5H2,(H,9,10,11). The van der Waals surface area contributed by atoms with Crippen molar-refractivity contribution in [3.05, 3.63) is 24.8 Å². The van der Waals surface area contributed by atoms with Crippen LogP contribution in [-0.4, -0.2) is 18.9 Å². The van der Waals surface area contributed by atoms with Gasteiger partial charge < -0.3 is 0 Å². The highest BCUT2D eigenvalue weighted by Gasteiger charge is 2.14. The van der Waals surface area contributed by atoms with Gasteiger partial charge in [0.2, 0.25) is 0 Å². The minimum atomic E-state index is -4.78. The summed E-state index contributed by atoms with van der Waals surface area (Å²) in [6.45, 7) is 6.73. The average molecular weight is 222 g/mol. The summed E-state index contributed by atoms with van der Waals surface area (Å²) in [5, 5.41) is 0. The third-order valence-corrected chi connectivity index (χ3v) is 1.37. The van der Waals surface area contributed by atoms with Crippen molar-refractivity contribution in [2.75, 3.05) is 0 Å². The van der Waals surface area contributed by atoms with Crippen LogP contribution >= 0.6 is 0 Å². The first-order valence-electron chi connectivity index (χ1n) is 3.53. The van der Waals surface area contributed by atoms with Crippen LogP contribution in [0, 0.1) is 0 Å². The molecule has 0 unspecified atom stereocenters. The second kappa shape index (κ2) is 5.53. The van der Waals surface area contributed by atoms with E-state index >= 15 is 0 Å². The minimum absolute atomic E-state index is 0.0218. The average Bonchev–Trinajstić information content (AvgIpc) is 2.09. The van der Waals surface area contributed by atoms with E-state index in [-0.39, 0.29) is 12.0 Å². The summed E-state index contributed by atoms with van der Waals surface area (Å²) < 4.78 is 31.4. The highest BCUT2D eigenvalue weighted by molar-refractivity contribution is 7.80. The van der Waals surface area contributed by atoms with Crippen LogP contribution in [0.3, 0.4) is 0 Å². The summed E-state index contributed by atoms with van der Waals surface area (Å²) in [5.74, 6) is -1.05. The molecule has 0 rings (SSSR count). The van der Waals surface area contributed by atoms with Crippen LogP contribution in [0.5, 0.6) is 0 Å². The molecule has 0 fully saturated rings. The van der Waals surface area contributed by atoms with E-state index in [1.54, 1.807) is 6.08 Å². The molecule has 0 spiro atoms. The van der Waals surface area contributed by atoms with Crippen molar-refractivity contribution in [1.29, 1.82) is 0 Å². The number of rotatable bonds is 6. The van der Waals surface area contributed by atoms with Crippen molar-refractivity contribution in [1.82, 2.24) is 0 Å². The molecule has 1 N–H and O–H groups in total. The number of allylic oxidation sites excluding steroid dienone is 1. The second-order valence-electron chi connectivity index (χ2n) is 2.30. The van der Waals surface area contributed by atoms with E-state index in [4.69, 9.17) is 4.55 Å². The Morgan fingerprint density at radius 3 is 2.50 bits per heavy atom. The van der Waals surface area contributed by atoms with Crippen molar-refractivity contribution >= 4 is 16.4 Å². The highest BCUT2D eigenvalue weighted by atomic mass is 32.3. The van der Waals surface area contributed by atoms with Gasteiger partial charge in [0.1, 0.15) is 0 Å². The van der Waals surface area contributed by atoms with Crippen molar-refractivity contribution in [2.24, 2.45) is 0 Å². The second-order valence-corrected chi connectivity index (χ2v) is 3.29. The minimum Gasteiger partial charge on any atom is -0.275 e. The summed E-state index contributed by atoms with van der Waals surface area (Å²) >= 11 is 0. The lowest BCUT2D eigenvalue weighted by Gasteiger charge is -2.01. The fourth-order valence-corrected chi connectivity index (χ4v) is 0.659. The van der Waals surface area contributed by atoms with Gasteiger partial charge in [-0.05, 0) is 17.2 Å². The molecule has 0 radical (unpaired) electrons. The molecule has 7 heteroatoms. The normalized spacial score (nSPS) is 10.6. The lowest BCUT2D eigenvalue weighted by atomic mass is 10.2.